The van der Waals surface area contributed by atoms with Gasteiger partial charge >= 0.3 is 0 Å². The summed E-state index contributed by atoms with van der Waals surface area (Å²) in [4.78, 5) is 0. The fourth-order valence-electron chi connectivity index (χ4n) is 5.37. The fourth-order valence-corrected chi connectivity index (χ4v) is 5.37. The Morgan fingerprint density at radius 2 is 0.786 bits per heavy atom. The van der Waals surface area contributed by atoms with Crippen LogP contribution < -0.4 is 9.47 Å². The Kier molecular flexibility index (Phi) is 6.43. The molecule has 4 aromatic carbocycles. The van der Waals surface area contributed by atoms with Crippen molar-refractivity contribution in [3.8, 4) is 57.1 Å². The van der Waals surface area contributed by atoms with E-state index in [0.717, 1.165) is 12.1 Å². The number of hydrogen-bond acceptors (Lipinski definition) is 12. The van der Waals surface area contributed by atoms with E-state index in [9.17, 15) is 51.1 Å². The van der Waals surface area contributed by atoms with Crippen molar-refractivity contribution in [3.63, 3.8) is 0 Å². The summed E-state index contributed by atoms with van der Waals surface area (Å²) in [6.07, 6.45) is -8.75. The summed E-state index contributed by atoms with van der Waals surface area (Å²) in [5.41, 5.74) is -0.177. The fraction of sp³-hybridized carbons (Fsp3) is 0.200. The number of hydrogen-bond donors (Lipinski definition) is 10. The summed E-state index contributed by atoms with van der Waals surface area (Å²) >= 11 is 0. The molecular weight excluding hydrogens is 552 g/mol. The number of fused-ring (bicyclic) bond motifs is 2. The number of benzene rings is 4. The average molecular weight is 579 g/mol. The van der Waals surface area contributed by atoms with E-state index in [4.69, 9.17) is 9.47 Å². The number of rotatable bonds is 3. The molecule has 6 rings (SSSR count). The van der Waals surface area contributed by atoms with E-state index in [1.54, 1.807) is 0 Å². The average Bonchev–Trinajstić information content (AvgIpc) is 2.98. The highest BCUT2D eigenvalue weighted by atomic mass is 16.5. The van der Waals surface area contributed by atoms with Crippen LogP contribution in [-0.4, -0.2) is 63.3 Å². The molecule has 0 spiro atoms. The lowest BCUT2D eigenvalue weighted by Gasteiger charge is -2.36. The van der Waals surface area contributed by atoms with Crippen molar-refractivity contribution in [2.45, 2.75) is 36.6 Å². The van der Waals surface area contributed by atoms with Gasteiger partial charge in [0.2, 0.25) is 11.5 Å². The number of aliphatic hydroxyl groups is 4. The van der Waals surface area contributed by atoms with Crippen molar-refractivity contribution in [1.82, 2.24) is 0 Å². The van der Waals surface area contributed by atoms with Gasteiger partial charge in [0.05, 0.1) is 0 Å². The van der Waals surface area contributed by atoms with Gasteiger partial charge in [-0.2, -0.15) is 0 Å². The second-order valence-corrected chi connectivity index (χ2v) is 10.2. The van der Waals surface area contributed by atoms with Crippen LogP contribution in [0.5, 0.6) is 46.0 Å². The standard InChI is InChI=1S/C30H26O12/c31-13-5-1-11(2-6-13)27-23(37)21(35)17-9-15(19(33)25(39)29(17)41-27)16-10-18-22(36)24(38)28(12-3-7-14(32)8-4-12)42-30(18)26(40)20(16)34/h1-10,21-24,27-28,31-40H. The smallest absolute Gasteiger partial charge is 0.201 e. The second-order valence-electron chi connectivity index (χ2n) is 10.2. The summed E-state index contributed by atoms with van der Waals surface area (Å²) in [6, 6.07) is 13.5. The molecule has 0 fully saturated rings. The molecule has 4 aromatic rings. The minimum Gasteiger partial charge on any atom is -0.508 e. The molecule has 0 aromatic heterocycles. The molecule has 0 bridgehead atoms. The summed E-state index contributed by atoms with van der Waals surface area (Å²) in [6.45, 7) is 0. The Hall–Kier alpha value is -4.88. The maximum Gasteiger partial charge on any atom is 0.201 e. The van der Waals surface area contributed by atoms with Gasteiger partial charge in [0.15, 0.2) is 35.2 Å². The van der Waals surface area contributed by atoms with Crippen LogP contribution in [0.4, 0.5) is 0 Å². The molecule has 12 heteroatoms. The molecule has 0 aliphatic carbocycles. The van der Waals surface area contributed by atoms with Gasteiger partial charge in [-0.05, 0) is 47.5 Å². The molecular formula is C30H26O12. The zero-order valence-corrected chi connectivity index (χ0v) is 21.5. The Balaban J connectivity index is 1.43. The van der Waals surface area contributed by atoms with E-state index in [1.165, 1.54) is 48.5 Å². The number of aliphatic hydroxyl groups excluding tert-OH is 4. The molecule has 2 heterocycles. The van der Waals surface area contributed by atoms with E-state index in [0.29, 0.717) is 11.1 Å². The molecule has 42 heavy (non-hydrogen) atoms. The van der Waals surface area contributed by atoms with Gasteiger partial charge in [0.25, 0.3) is 0 Å². The first-order chi connectivity index (χ1) is 20.0. The lowest BCUT2D eigenvalue weighted by molar-refractivity contribution is -0.0711. The Morgan fingerprint density at radius 3 is 1.12 bits per heavy atom. The number of phenols is 6. The topological polar surface area (TPSA) is 221 Å². The molecule has 2 aliphatic rings. The van der Waals surface area contributed by atoms with Crippen molar-refractivity contribution < 1.29 is 60.5 Å². The lowest BCUT2D eigenvalue weighted by Crippen LogP contribution is -2.34. The normalized spacial score (nSPS) is 24.7. The molecule has 0 amide bonds. The first-order valence-corrected chi connectivity index (χ1v) is 12.8. The van der Waals surface area contributed by atoms with Crippen molar-refractivity contribution in [1.29, 1.82) is 0 Å². The second kappa shape index (κ2) is 9.89. The SMILES string of the molecule is Oc1ccc(C2Oc3c(cc(-c4cc5c(c(O)c4O)OC(c4ccc(O)cc4)C(O)C5O)c(O)c3O)C(O)C2O)cc1. The zero-order chi connectivity index (χ0) is 30.0. The Labute approximate surface area is 237 Å². The third kappa shape index (κ3) is 4.16. The van der Waals surface area contributed by atoms with Crippen LogP contribution in [0.15, 0.2) is 60.7 Å². The quantitative estimate of drug-likeness (QED) is 0.159. The van der Waals surface area contributed by atoms with E-state index >= 15 is 0 Å². The third-order valence-corrected chi connectivity index (χ3v) is 7.64. The van der Waals surface area contributed by atoms with Crippen LogP contribution in [0.2, 0.25) is 0 Å². The van der Waals surface area contributed by atoms with Crippen molar-refractivity contribution in [2.24, 2.45) is 0 Å². The van der Waals surface area contributed by atoms with E-state index in [1.807, 2.05) is 0 Å². The van der Waals surface area contributed by atoms with Gasteiger partial charge in [-0.15, -0.1) is 0 Å². The molecule has 0 radical (unpaired) electrons. The van der Waals surface area contributed by atoms with Crippen molar-refractivity contribution in [2.75, 3.05) is 0 Å². The molecule has 0 saturated carbocycles. The van der Waals surface area contributed by atoms with Gasteiger partial charge < -0.3 is 60.5 Å². The van der Waals surface area contributed by atoms with Gasteiger partial charge in [-0.25, -0.2) is 0 Å². The lowest BCUT2D eigenvalue weighted by atomic mass is 9.87. The number of ether oxygens (including phenoxy) is 2. The highest BCUT2D eigenvalue weighted by Gasteiger charge is 2.42. The number of phenolic OH excluding ortho intramolecular Hbond substituents is 6. The van der Waals surface area contributed by atoms with Crippen LogP contribution in [0.25, 0.3) is 11.1 Å². The Morgan fingerprint density at radius 1 is 0.452 bits per heavy atom. The highest BCUT2D eigenvalue weighted by molar-refractivity contribution is 5.85. The van der Waals surface area contributed by atoms with Crippen LogP contribution >= 0.6 is 0 Å². The van der Waals surface area contributed by atoms with Crippen LogP contribution in [0.1, 0.15) is 46.7 Å². The summed E-state index contributed by atoms with van der Waals surface area (Å²) < 4.78 is 11.5. The van der Waals surface area contributed by atoms with Gasteiger partial charge in [0.1, 0.15) is 35.9 Å². The Bertz CT molecular complexity index is 1540. The molecule has 0 saturated heterocycles. The van der Waals surface area contributed by atoms with Crippen LogP contribution in [-0.2, 0) is 0 Å². The first-order valence-electron chi connectivity index (χ1n) is 12.8. The van der Waals surface area contributed by atoms with E-state index in [-0.39, 0.29) is 45.3 Å². The van der Waals surface area contributed by atoms with E-state index < -0.39 is 59.6 Å². The summed E-state index contributed by atoms with van der Waals surface area (Å²) in [5, 5.41) is 106. The monoisotopic (exact) mass is 578 g/mol. The first kappa shape index (κ1) is 27.3. The predicted octanol–water partition coefficient (Wildman–Crippen LogP) is 2.64. The summed E-state index contributed by atoms with van der Waals surface area (Å²) in [7, 11) is 0. The maximum atomic E-state index is 11.0. The largest absolute Gasteiger partial charge is 0.508 e. The number of aromatic hydroxyl groups is 6. The van der Waals surface area contributed by atoms with Gasteiger partial charge in [0, 0.05) is 22.3 Å². The van der Waals surface area contributed by atoms with Crippen LogP contribution in [0, 0.1) is 0 Å². The molecule has 218 valence electrons. The molecule has 6 unspecified atom stereocenters. The molecule has 2 aliphatic heterocycles. The minimum atomic E-state index is -1.65. The zero-order valence-electron chi connectivity index (χ0n) is 21.5. The van der Waals surface area contributed by atoms with E-state index in [2.05, 4.69) is 0 Å². The minimum absolute atomic E-state index is 0.0397. The van der Waals surface area contributed by atoms with Crippen molar-refractivity contribution in [3.05, 3.63) is 82.9 Å². The highest BCUT2D eigenvalue weighted by Crippen LogP contribution is 2.57. The molecule has 10 N–H and O–H groups in total. The van der Waals surface area contributed by atoms with Crippen LogP contribution in [0.3, 0.4) is 0 Å². The summed E-state index contributed by atoms with van der Waals surface area (Å²) in [5.74, 6) is -4.07. The van der Waals surface area contributed by atoms with Gasteiger partial charge in [-0.3, -0.25) is 0 Å². The predicted molar refractivity (Wildman–Crippen MR) is 143 cm³/mol. The maximum absolute atomic E-state index is 11.0. The third-order valence-electron chi connectivity index (χ3n) is 7.64. The van der Waals surface area contributed by atoms with Gasteiger partial charge in [-0.1, -0.05) is 24.3 Å². The molecule has 12 nitrogen and oxygen atoms in total. The van der Waals surface area contributed by atoms with Crippen molar-refractivity contribution >= 4 is 0 Å². The molecule has 6 atom stereocenters.